The van der Waals surface area contributed by atoms with Crippen LogP contribution in [0, 0.1) is 0 Å². The van der Waals surface area contributed by atoms with E-state index >= 15 is 0 Å². The summed E-state index contributed by atoms with van der Waals surface area (Å²) in [5.41, 5.74) is 0.749. The Bertz CT molecular complexity index is 325. The van der Waals surface area contributed by atoms with Gasteiger partial charge in [0.1, 0.15) is 5.75 Å². The number of esters is 1. The summed E-state index contributed by atoms with van der Waals surface area (Å²) in [5.74, 6) is 0.120. The Labute approximate surface area is 87.8 Å². The van der Waals surface area contributed by atoms with E-state index in [1.807, 2.05) is 0 Å². The van der Waals surface area contributed by atoms with Crippen LogP contribution in [0.1, 0.15) is 12.5 Å². The van der Waals surface area contributed by atoms with Crippen molar-refractivity contribution in [3.8, 4) is 5.75 Å². The summed E-state index contributed by atoms with van der Waals surface area (Å²) in [4.78, 5) is 11.1. The van der Waals surface area contributed by atoms with Crippen LogP contribution < -0.4 is 4.74 Å². The molecule has 0 amide bonds. The molecule has 0 aliphatic carbocycles. The van der Waals surface area contributed by atoms with Crippen LogP contribution in [0.4, 0.5) is 4.39 Å². The maximum Gasteiger partial charge on any atom is 0.310 e. The van der Waals surface area contributed by atoms with Gasteiger partial charge in [-0.25, -0.2) is 4.39 Å². The lowest BCUT2D eigenvalue weighted by Gasteiger charge is -2.04. The average Bonchev–Trinajstić information content (AvgIpc) is 2.19. The van der Waals surface area contributed by atoms with Gasteiger partial charge in [-0.2, -0.15) is 0 Å². The molecule has 0 heterocycles. The fourth-order valence-corrected chi connectivity index (χ4v) is 1.19. The van der Waals surface area contributed by atoms with Gasteiger partial charge in [0.25, 0.3) is 0 Å². The van der Waals surface area contributed by atoms with Crippen molar-refractivity contribution in [1.29, 1.82) is 0 Å². The summed E-state index contributed by atoms with van der Waals surface area (Å²) < 4.78 is 21.3. The molecule has 1 aromatic rings. The maximum absolute atomic E-state index is 11.9. The highest BCUT2D eigenvalue weighted by molar-refractivity contribution is 5.72. The predicted octanol–water partition coefficient (Wildman–Crippen LogP) is 2.10. The van der Waals surface area contributed by atoms with Crippen molar-refractivity contribution in [3.05, 3.63) is 29.8 Å². The van der Waals surface area contributed by atoms with Crippen LogP contribution in [0.5, 0.6) is 5.75 Å². The summed E-state index contributed by atoms with van der Waals surface area (Å²) >= 11 is 0. The molecule has 0 bridgehead atoms. The van der Waals surface area contributed by atoms with E-state index < -0.39 is 6.86 Å². The van der Waals surface area contributed by atoms with Crippen LogP contribution in [-0.4, -0.2) is 19.4 Å². The van der Waals surface area contributed by atoms with E-state index in [1.165, 1.54) is 0 Å². The highest BCUT2D eigenvalue weighted by atomic mass is 19.1. The summed E-state index contributed by atoms with van der Waals surface area (Å²) in [6.07, 6.45) is 0.178. The molecule has 0 saturated carbocycles. The van der Waals surface area contributed by atoms with Crippen LogP contribution in [0.3, 0.4) is 0 Å². The normalized spacial score (nSPS) is 9.73. The number of benzene rings is 1. The summed E-state index contributed by atoms with van der Waals surface area (Å²) in [5, 5.41) is 0. The molecule has 0 atom stereocenters. The van der Waals surface area contributed by atoms with E-state index in [4.69, 9.17) is 4.74 Å². The van der Waals surface area contributed by atoms with Crippen molar-refractivity contribution < 1.29 is 18.7 Å². The minimum Gasteiger partial charge on any atom is -0.466 e. The maximum atomic E-state index is 11.9. The Morgan fingerprint density at radius 2 is 2.27 bits per heavy atom. The zero-order valence-electron chi connectivity index (χ0n) is 8.53. The quantitative estimate of drug-likeness (QED) is 0.701. The van der Waals surface area contributed by atoms with Crippen molar-refractivity contribution in [2.45, 2.75) is 13.3 Å². The number of ether oxygens (including phenoxy) is 2. The van der Waals surface area contributed by atoms with Crippen LogP contribution in [0.15, 0.2) is 24.3 Å². The van der Waals surface area contributed by atoms with Crippen molar-refractivity contribution in [3.63, 3.8) is 0 Å². The third-order valence-electron chi connectivity index (χ3n) is 1.77. The molecule has 0 unspecified atom stereocenters. The topological polar surface area (TPSA) is 35.5 Å². The first-order valence-electron chi connectivity index (χ1n) is 4.69. The number of alkyl halides is 1. The molecule has 0 aliphatic heterocycles. The van der Waals surface area contributed by atoms with Gasteiger partial charge < -0.3 is 9.47 Å². The van der Waals surface area contributed by atoms with Gasteiger partial charge in [0, 0.05) is 0 Å². The minimum absolute atomic E-state index is 0.178. The van der Waals surface area contributed by atoms with Gasteiger partial charge in [-0.15, -0.1) is 0 Å². The fourth-order valence-electron chi connectivity index (χ4n) is 1.19. The molecule has 1 aromatic carbocycles. The Kier molecular flexibility index (Phi) is 4.60. The monoisotopic (exact) mass is 212 g/mol. The van der Waals surface area contributed by atoms with Gasteiger partial charge in [0.05, 0.1) is 13.0 Å². The molecule has 82 valence electrons. The van der Waals surface area contributed by atoms with E-state index in [0.717, 1.165) is 5.56 Å². The highest BCUT2D eigenvalue weighted by Gasteiger charge is 2.04. The van der Waals surface area contributed by atoms with Gasteiger partial charge in [-0.05, 0) is 24.6 Å². The third-order valence-corrected chi connectivity index (χ3v) is 1.77. The number of hydrogen-bond donors (Lipinski definition) is 0. The lowest BCUT2D eigenvalue weighted by molar-refractivity contribution is -0.142. The van der Waals surface area contributed by atoms with Crippen molar-refractivity contribution in [1.82, 2.24) is 0 Å². The minimum atomic E-state index is -0.872. The zero-order chi connectivity index (χ0) is 11.1. The van der Waals surface area contributed by atoms with E-state index in [2.05, 4.69) is 4.74 Å². The third kappa shape index (κ3) is 3.97. The molecule has 0 fully saturated rings. The van der Waals surface area contributed by atoms with Gasteiger partial charge in [0.2, 0.25) is 6.86 Å². The van der Waals surface area contributed by atoms with Gasteiger partial charge in [-0.3, -0.25) is 4.79 Å². The number of carbonyl (C=O) groups is 1. The summed E-state index contributed by atoms with van der Waals surface area (Å²) in [7, 11) is 0. The summed E-state index contributed by atoms with van der Waals surface area (Å²) in [6.45, 7) is 1.24. The standard InChI is InChI=1S/C11H13FO3/c1-2-14-11(13)7-9-4-3-5-10(6-9)15-8-12/h3-6H,2,7-8H2,1H3. The number of rotatable bonds is 5. The Morgan fingerprint density at radius 1 is 1.47 bits per heavy atom. The predicted molar refractivity (Wildman–Crippen MR) is 53.4 cm³/mol. The lowest BCUT2D eigenvalue weighted by Crippen LogP contribution is -2.07. The molecule has 15 heavy (non-hydrogen) atoms. The lowest BCUT2D eigenvalue weighted by atomic mass is 10.1. The van der Waals surface area contributed by atoms with Gasteiger partial charge in [-0.1, -0.05) is 12.1 Å². The zero-order valence-corrected chi connectivity index (χ0v) is 8.53. The van der Waals surface area contributed by atoms with Crippen LogP contribution in [0.25, 0.3) is 0 Å². The molecular formula is C11H13FO3. The first kappa shape index (κ1) is 11.5. The van der Waals surface area contributed by atoms with Gasteiger partial charge >= 0.3 is 5.97 Å². The first-order chi connectivity index (χ1) is 7.26. The Hall–Kier alpha value is -1.58. The van der Waals surface area contributed by atoms with Crippen molar-refractivity contribution in [2.75, 3.05) is 13.5 Å². The van der Waals surface area contributed by atoms with E-state index in [1.54, 1.807) is 31.2 Å². The number of carbonyl (C=O) groups excluding carboxylic acids is 1. The Balaban J connectivity index is 2.60. The Morgan fingerprint density at radius 3 is 2.93 bits per heavy atom. The molecule has 0 saturated heterocycles. The SMILES string of the molecule is CCOC(=O)Cc1cccc(OCF)c1. The molecule has 0 aliphatic rings. The molecule has 3 nitrogen and oxygen atoms in total. The number of halogens is 1. The molecule has 4 heteroatoms. The molecule has 0 N–H and O–H groups in total. The van der Waals surface area contributed by atoms with E-state index in [0.29, 0.717) is 12.4 Å². The molecule has 0 spiro atoms. The molecule has 0 aromatic heterocycles. The van der Waals surface area contributed by atoms with Gasteiger partial charge in [0.15, 0.2) is 0 Å². The molecule has 1 rings (SSSR count). The molecular weight excluding hydrogens is 199 g/mol. The van der Waals surface area contributed by atoms with E-state index in [-0.39, 0.29) is 12.4 Å². The summed E-state index contributed by atoms with van der Waals surface area (Å²) in [6, 6.07) is 6.73. The second-order valence-corrected chi connectivity index (χ2v) is 2.88. The average molecular weight is 212 g/mol. The fraction of sp³-hybridized carbons (Fsp3) is 0.364. The second kappa shape index (κ2) is 6.01. The van der Waals surface area contributed by atoms with Crippen LogP contribution in [-0.2, 0) is 16.0 Å². The second-order valence-electron chi connectivity index (χ2n) is 2.88. The first-order valence-corrected chi connectivity index (χ1v) is 4.69. The van der Waals surface area contributed by atoms with Crippen molar-refractivity contribution in [2.24, 2.45) is 0 Å². The largest absolute Gasteiger partial charge is 0.466 e. The van der Waals surface area contributed by atoms with E-state index in [9.17, 15) is 9.18 Å². The van der Waals surface area contributed by atoms with Crippen LogP contribution >= 0.6 is 0 Å². The van der Waals surface area contributed by atoms with Crippen LogP contribution in [0.2, 0.25) is 0 Å². The van der Waals surface area contributed by atoms with Crippen molar-refractivity contribution >= 4 is 5.97 Å². The number of hydrogen-bond acceptors (Lipinski definition) is 3. The highest BCUT2D eigenvalue weighted by Crippen LogP contribution is 2.14. The smallest absolute Gasteiger partial charge is 0.310 e. The molecule has 0 radical (unpaired) electrons.